The van der Waals surface area contributed by atoms with E-state index in [0.29, 0.717) is 23.9 Å². The van der Waals surface area contributed by atoms with Crippen molar-refractivity contribution in [3.63, 3.8) is 0 Å². The van der Waals surface area contributed by atoms with Crippen LogP contribution >= 0.6 is 7.82 Å². The molecule has 0 aliphatic carbocycles. The van der Waals surface area contributed by atoms with Crippen LogP contribution in [0.15, 0.2) is 122 Å². The molecule has 80 heavy (non-hydrogen) atoms. The molecule has 0 heterocycles. The number of unbranched alkanes of at least 4 members (excludes halogenated alkanes) is 24. The van der Waals surface area contributed by atoms with Crippen molar-refractivity contribution in [1.29, 1.82) is 0 Å². The highest BCUT2D eigenvalue weighted by atomic mass is 31.2. The van der Waals surface area contributed by atoms with Gasteiger partial charge in [0, 0.05) is 12.8 Å². The van der Waals surface area contributed by atoms with E-state index < -0.39 is 32.5 Å². The molecule has 0 bridgehead atoms. The summed E-state index contributed by atoms with van der Waals surface area (Å²) in [6, 6.07) is 0. The molecule has 0 aromatic carbocycles. The first-order valence-corrected chi connectivity index (χ1v) is 33.7. The van der Waals surface area contributed by atoms with Gasteiger partial charge in [-0.25, -0.2) is 0 Å². The third kappa shape index (κ3) is 63.6. The summed E-state index contributed by atoms with van der Waals surface area (Å²) in [5, 5.41) is 0. The molecule has 0 rings (SSSR count). The van der Waals surface area contributed by atoms with Gasteiger partial charge in [-0.05, 0) is 103 Å². The third-order valence-corrected chi connectivity index (χ3v) is 14.4. The first kappa shape index (κ1) is 76.4. The van der Waals surface area contributed by atoms with Crippen LogP contribution in [0.1, 0.15) is 258 Å². The summed E-state index contributed by atoms with van der Waals surface area (Å²) < 4.78 is 34.2. The van der Waals surface area contributed by atoms with Crippen LogP contribution in [-0.2, 0) is 32.7 Å². The summed E-state index contributed by atoms with van der Waals surface area (Å²) in [6.07, 6.45) is 85.6. The first-order chi connectivity index (χ1) is 39.0. The van der Waals surface area contributed by atoms with Gasteiger partial charge in [-0.15, -0.1) is 0 Å². The zero-order chi connectivity index (χ0) is 58.4. The standard InChI is InChI=1S/C70H120NO8P/c1-6-8-10-12-14-16-18-20-22-24-25-26-27-28-29-30-31-32-33-34-35-36-37-38-39-40-41-42-43-44-45-47-49-51-53-55-57-59-61-63-70(73)79-68(67-78-80(74,75)77-65-64-71(3,4)5)66-76-69(72)62-60-58-56-54-52-50-48-46-23-21-19-17-15-13-11-9-7-2/h8-11,14-17,20-23,25-26,28-29,31-32,48,50,68H,6-7,12-13,18-19,24,27,30,33-47,49,51-67H2,1-5H3/b10-8-,11-9-,16-14-,17-15-,22-20-,23-21-,26-25-,29-28-,32-31-,50-48-. The van der Waals surface area contributed by atoms with Crippen molar-refractivity contribution >= 4 is 19.8 Å². The van der Waals surface area contributed by atoms with Gasteiger partial charge in [0.05, 0.1) is 27.7 Å². The number of phosphoric acid groups is 1. The van der Waals surface area contributed by atoms with E-state index >= 15 is 0 Å². The Morgan fingerprint density at radius 3 is 1.00 bits per heavy atom. The minimum Gasteiger partial charge on any atom is -0.756 e. The van der Waals surface area contributed by atoms with Gasteiger partial charge in [0.15, 0.2) is 6.10 Å². The van der Waals surface area contributed by atoms with Gasteiger partial charge in [0.2, 0.25) is 0 Å². The van der Waals surface area contributed by atoms with Crippen molar-refractivity contribution in [3.8, 4) is 0 Å². The van der Waals surface area contributed by atoms with E-state index in [9.17, 15) is 19.0 Å². The Morgan fingerprint density at radius 1 is 0.388 bits per heavy atom. The molecule has 0 aromatic rings. The van der Waals surface area contributed by atoms with Gasteiger partial charge in [-0.2, -0.15) is 0 Å². The SMILES string of the molecule is CC/C=C\C/C=C\C/C=C\C/C=C\C/C=C\C/C=C\CCCCCCCCCCCCCCCCCCCCCCC(=O)OC(COC(=O)CCCCCC/C=C\C/C=C\C/C=C\C/C=C\CC)COP(=O)([O-])OCC[N+](C)(C)C. The van der Waals surface area contributed by atoms with E-state index in [-0.39, 0.29) is 26.1 Å². The fourth-order valence-electron chi connectivity index (χ4n) is 8.59. The Labute approximate surface area is 492 Å². The average Bonchev–Trinajstić information content (AvgIpc) is 3.42. The summed E-state index contributed by atoms with van der Waals surface area (Å²) in [6.45, 7) is 3.99. The first-order valence-electron chi connectivity index (χ1n) is 32.2. The number of nitrogens with zero attached hydrogens (tertiary/aromatic N) is 1. The quantitative estimate of drug-likeness (QED) is 0.0195. The number of allylic oxidation sites excluding steroid dienone is 20. The number of phosphoric ester groups is 1. The van der Waals surface area contributed by atoms with Gasteiger partial charge in [-0.1, -0.05) is 264 Å². The van der Waals surface area contributed by atoms with Crippen molar-refractivity contribution in [2.24, 2.45) is 0 Å². The highest BCUT2D eigenvalue weighted by Gasteiger charge is 2.22. The Kier molecular flexibility index (Phi) is 57.3. The van der Waals surface area contributed by atoms with Crippen LogP contribution in [0, 0.1) is 0 Å². The molecule has 0 aliphatic rings. The summed E-state index contributed by atoms with van der Waals surface area (Å²) in [4.78, 5) is 37.9. The van der Waals surface area contributed by atoms with E-state index in [1.165, 1.54) is 109 Å². The molecule has 0 radical (unpaired) electrons. The van der Waals surface area contributed by atoms with Crippen molar-refractivity contribution in [2.45, 2.75) is 264 Å². The molecule has 0 fully saturated rings. The Balaban J connectivity index is 4.00. The second-order valence-electron chi connectivity index (χ2n) is 22.4. The number of quaternary nitrogens is 1. The van der Waals surface area contributed by atoms with E-state index in [0.717, 1.165) is 109 Å². The molecule has 0 aromatic heterocycles. The zero-order valence-corrected chi connectivity index (χ0v) is 52.9. The van der Waals surface area contributed by atoms with Crippen LogP contribution in [0.4, 0.5) is 0 Å². The van der Waals surface area contributed by atoms with Gasteiger partial charge in [0.1, 0.15) is 19.8 Å². The Hall–Kier alpha value is -3.59. The molecule has 0 saturated carbocycles. The van der Waals surface area contributed by atoms with E-state index in [1.807, 2.05) is 21.1 Å². The Bertz CT molecular complexity index is 1760. The second kappa shape index (κ2) is 60.0. The van der Waals surface area contributed by atoms with Crippen molar-refractivity contribution in [2.75, 3.05) is 47.5 Å². The van der Waals surface area contributed by atoms with Crippen LogP contribution in [0.3, 0.4) is 0 Å². The predicted octanol–water partition coefficient (Wildman–Crippen LogP) is 20.1. The fraction of sp³-hybridized carbons (Fsp3) is 0.686. The molecule has 0 N–H and O–H groups in total. The number of ether oxygens (including phenoxy) is 2. The van der Waals surface area contributed by atoms with Crippen LogP contribution in [0.25, 0.3) is 0 Å². The molecule has 0 spiro atoms. The molecule has 0 amide bonds. The maximum Gasteiger partial charge on any atom is 0.306 e. The highest BCUT2D eigenvalue weighted by Crippen LogP contribution is 2.38. The third-order valence-electron chi connectivity index (χ3n) is 13.5. The number of hydrogen-bond donors (Lipinski definition) is 0. The minimum absolute atomic E-state index is 0.0389. The smallest absolute Gasteiger partial charge is 0.306 e. The maximum atomic E-state index is 12.8. The van der Waals surface area contributed by atoms with Crippen molar-refractivity contribution in [1.82, 2.24) is 0 Å². The van der Waals surface area contributed by atoms with Crippen molar-refractivity contribution < 1.29 is 42.1 Å². The average molecular weight is 1130 g/mol. The van der Waals surface area contributed by atoms with Crippen molar-refractivity contribution in [3.05, 3.63) is 122 Å². The largest absolute Gasteiger partial charge is 0.756 e. The summed E-state index contributed by atoms with van der Waals surface area (Å²) >= 11 is 0. The molecular formula is C70H120NO8P. The molecular weight excluding hydrogens is 1010 g/mol. The monoisotopic (exact) mass is 1130 g/mol. The van der Waals surface area contributed by atoms with E-state index in [2.05, 4.69) is 135 Å². The number of rotatable bonds is 58. The van der Waals surface area contributed by atoms with Crippen LogP contribution in [0.2, 0.25) is 0 Å². The highest BCUT2D eigenvalue weighted by molar-refractivity contribution is 7.45. The predicted molar refractivity (Wildman–Crippen MR) is 341 cm³/mol. The normalized spacial score (nSPS) is 14.0. The topological polar surface area (TPSA) is 111 Å². The van der Waals surface area contributed by atoms with E-state index in [4.69, 9.17) is 18.5 Å². The molecule has 458 valence electrons. The van der Waals surface area contributed by atoms with Gasteiger partial charge in [-0.3, -0.25) is 14.2 Å². The number of carbonyl (C=O) groups excluding carboxylic acids is 2. The summed E-state index contributed by atoms with van der Waals surface area (Å²) in [5.74, 6) is -0.860. The van der Waals surface area contributed by atoms with Crippen LogP contribution in [0.5, 0.6) is 0 Å². The van der Waals surface area contributed by atoms with Crippen LogP contribution < -0.4 is 4.89 Å². The van der Waals surface area contributed by atoms with Gasteiger partial charge >= 0.3 is 11.9 Å². The molecule has 2 atom stereocenters. The lowest BCUT2D eigenvalue weighted by Gasteiger charge is -2.28. The number of carbonyl (C=O) groups is 2. The number of hydrogen-bond acceptors (Lipinski definition) is 8. The summed E-state index contributed by atoms with van der Waals surface area (Å²) in [7, 11) is 1.15. The number of likely N-dealkylation sites (N-methyl/N-ethyl adjacent to an activating group) is 1. The van der Waals surface area contributed by atoms with E-state index in [1.54, 1.807) is 0 Å². The zero-order valence-electron chi connectivity index (χ0n) is 52.0. The van der Waals surface area contributed by atoms with Gasteiger partial charge in [0.25, 0.3) is 7.82 Å². The minimum atomic E-state index is -4.65. The lowest BCUT2D eigenvalue weighted by molar-refractivity contribution is -0.870. The van der Waals surface area contributed by atoms with Crippen LogP contribution in [-0.4, -0.2) is 70.0 Å². The molecule has 2 unspecified atom stereocenters. The molecule has 10 heteroatoms. The summed E-state index contributed by atoms with van der Waals surface area (Å²) in [5.41, 5.74) is 0. The van der Waals surface area contributed by atoms with Gasteiger partial charge < -0.3 is 27.9 Å². The maximum absolute atomic E-state index is 12.8. The molecule has 0 aliphatic heterocycles. The fourth-order valence-corrected chi connectivity index (χ4v) is 9.32. The molecule has 0 saturated heterocycles. The lowest BCUT2D eigenvalue weighted by atomic mass is 10.0. The molecule has 9 nitrogen and oxygen atoms in total. The Morgan fingerprint density at radius 2 is 0.675 bits per heavy atom. The second-order valence-corrected chi connectivity index (χ2v) is 23.8. The lowest BCUT2D eigenvalue weighted by Crippen LogP contribution is -2.37. The number of esters is 2.